The van der Waals surface area contributed by atoms with Gasteiger partial charge in [-0.25, -0.2) is 4.98 Å². The fourth-order valence-electron chi connectivity index (χ4n) is 1.87. The summed E-state index contributed by atoms with van der Waals surface area (Å²) in [7, 11) is 0. The minimum absolute atomic E-state index is 0.180. The Morgan fingerprint density at radius 1 is 1.32 bits per heavy atom. The van der Waals surface area contributed by atoms with Gasteiger partial charge in [-0.05, 0) is 26.0 Å². The predicted molar refractivity (Wildman–Crippen MR) is 86.2 cm³/mol. The lowest BCUT2D eigenvalue weighted by Gasteiger charge is -2.24. The second kappa shape index (κ2) is 6.84. The number of alkyl halides is 3. The van der Waals surface area contributed by atoms with E-state index in [9.17, 15) is 22.8 Å². The molecule has 0 fully saturated rings. The van der Waals surface area contributed by atoms with Gasteiger partial charge in [0.15, 0.2) is 5.13 Å². The number of halogens is 3. The van der Waals surface area contributed by atoms with E-state index in [1.165, 1.54) is 26.0 Å². The third kappa shape index (κ3) is 5.03. The largest absolute Gasteiger partial charge is 0.573 e. The second-order valence-corrected chi connectivity index (χ2v) is 6.56. The summed E-state index contributed by atoms with van der Waals surface area (Å²) in [6.45, 7) is 2.71. The van der Waals surface area contributed by atoms with Crippen LogP contribution in [-0.4, -0.2) is 35.2 Å². The van der Waals surface area contributed by atoms with E-state index in [4.69, 9.17) is 5.73 Å². The Balaban J connectivity index is 2.16. The van der Waals surface area contributed by atoms with Crippen LogP contribution in [0.15, 0.2) is 18.2 Å². The Hall–Kier alpha value is -2.40. The number of hydrogen-bond donors (Lipinski definition) is 3. The number of hydrogen-bond acceptors (Lipinski definition) is 6. The summed E-state index contributed by atoms with van der Waals surface area (Å²) in [6, 6.07) is 3.66. The van der Waals surface area contributed by atoms with E-state index in [0.717, 1.165) is 17.4 Å². The van der Waals surface area contributed by atoms with Crippen molar-refractivity contribution in [2.75, 3.05) is 11.9 Å². The lowest BCUT2D eigenvalue weighted by Crippen LogP contribution is -2.53. The Kier molecular flexibility index (Phi) is 5.18. The van der Waals surface area contributed by atoms with Gasteiger partial charge in [-0.2, -0.15) is 0 Å². The number of anilines is 1. The maximum atomic E-state index is 12.2. The fourth-order valence-corrected chi connectivity index (χ4v) is 2.75. The zero-order valence-electron chi connectivity index (χ0n) is 13.2. The molecule has 1 heterocycles. The smallest absolute Gasteiger partial charge is 0.406 e. The molecule has 2 aromatic rings. The highest BCUT2D eigenvalue weighted by molar-refractivity contribution is 7.22. The molecule has 0 unspecified atom stereocenters. The van der Waals surface area contributed by atoms with Crippen molar-refractivity contribution in [2.45, 2.75) is 25.7 Å². The number of rotatable bonds is 5. The molecule has 0 saturated heterocycles. The summed E-state index contributed by atoms with van der Waals surface area (Å²) in [4.78, 5) is 27.7. The van der Waals surface area contributed by atoms with E-state index in [1.807, 2.05) is 0 Å². The molecular weight excluding hydrogens is 361 g/mol. The number of ether oxygens (including phenoxy) is 1. The Morgan fingerprint density at radius 3 is 2.60 bits per heavy atom. The molecule has 7 nitrogen and oxygen atoms in total. The summed E-state index contributed by atoms with van der Waals surface area (Å²) in [5.41, 5.74) is 4.36. The molecule has 11 heteroatoms. The minimum Gasteiger partial charge on any atom is -0.406 e. The van der Waals surface area contributed by atoms with Crippen LogP contribution in [0.25, 0.3) is 10.2 Å². The second-order valence-electron chi connectivity index (χ2n) is 5.53. The Labute approximate surface area is 144 Å². The first-order valence-electron chi connectivity index (χ1n) is 6.99. The molecule has 4 N–H and O–H groups in total. The first-order chi connectivity index (χ1) is 11.5. The van der Waals surface area contributed by atoms with Gasteiger partial charge >= 0.3 is 6.36 Å². The van der Waals surface area contributed by atoms with Gasteiger partial charge in [-0.1, -0.05) is 11.3 Å². The predicted octanol–water partition coefficient (Wildman–Crippen LogP) is 1.99. The highest BCUT2D eigenvalue weighted by Crippen LogP contribution is 2.31. The van der Waals surface area contributed by atoms with Crippen LogP contribution in [0.3, 0.4) is 0 Å². The SMILES string of the molecule is CC(C)(NC(=O)CN)C(=O)Nc1nc2ccc(OC(F)(F)F)cc2s1. The third-order valence-electron chi connectivity index (χ3n) is 3.02. The molecule has 0 aliphatic carbocycles. The first kappa shape index (κ1) is 18.9. The van der Waals surface area contributed by atoms with Crippen molar-refractivity contribution in [3.63, 3.8) is 0 Å². The lowest BCUT2D eigenvalue weighted by molar-refractivity contribution is -0.274. The van der Waals surface area contributed by atoms with Crippen molar-refractivity contribution in [1.29, 1.82) is 0 Å². The molecule has 0 bridgehead atoms. The molecule has 1 aromatic heterocycles. The minimum atomic E-state index is -4.79. The topological polar surface area (TPSA) is 106 Å². The summed E-state index contributed by atoms with van der Waals surface area (Å²) >= 11 is 0.979. The van der Waals surface area contributed by atoms with Crippen LogP contribution < -0.4 is 21.1 Å². The molecule has 2 rings (SSSR count). The van der Waals surface area contributed by atoms with Gasteiger partial charge in [-0.3, -0.25) is 14.9 Å². The molecule has 136 valence electrons. The average Bonchev–Trinajstić information content (AvgIpc) is 2.86. The normalized spacial score (nSPS) is 12.1. The number of amides is 2. The molecular formula is C14H15F3N4O3S. The first-order valence-corrected chi connectivity index (χ1v) is 7.81. The standard InChI is InChI=1S/C14H15F3N4O3S/c1-13(2,21-10(22)6-18)11(23)20-12-19-8-4-3-7(5-9(8)25-12)24-14(15,16)17/h3-5H,6,18H2,1-2H3,(H,21,22)(H,19,20,23). The average molecular weight is 376 g/mol. The number of carbonyl (C=O) groups is 2. The van der Waals surface area contributed by atoms with Crippen molar-refractivity contribution in [1.82, 2.24) is 10.3 Å². The highest BCUT2D eigenvalue weighted by atomic mass is 32.1. The van der Waals surface area contributed by atoms with E-state index in [-0.39, 0.29) is 17.4 Å². The summed E-state index contributed by atoms with van der Waals surface area (Å²) in [5, 5.41) is 5.15. The molecule has 25 heavy (non-hydrogen) atoms. The highest BCUT2D eigenvalue weighted by Gasteiger charge is 2.32. The molecule has 0 aliphatic rings. The summed E-state index contributed by atoms with van der Waals surface area (Å²) in [5.74, 6) is -1.42. The van der Waals surface area contributed by atoms with E-state index in [2.05, 4.69) is 20.4 Å². The monoisotopic (exact) mass is 376 g/mol. The van der Waals surface area contributed by atoms with Crippen molar-refractivity contribution in [2.24, 2.45) is 5.73 Å². The van der Waals surface area contributed by atoms with Gasteiger partial charge in [0.05, 0.1) is 16.8 Å². The Bertz CT molecular complexity index is 804. The van der Waals surface area contributed by atoms with Gasteiger partial charge in [0.2, 0.25) is 5.91 Å². The van der Waals surface area contributed by atoms with Crippen LogP contribution in [-0.2, 0) is 9.59 Å². The van der Waals surface area contributed by atoms with Gasteiger partial charge in [0.25, 0.3) is 5.91 Å². The number of benzene rings is 1. The maximum absolute atomic E-state index is 12.2. The van der Waals surface area contributed by atoms with Crippen LogP contribution in [0.4, 0.5) is 18.3 Å². The maximum Gasteiger partial charge on any atom is 0.573 e. The van der Waals surface area contributed by atoms with Crippen LogP contribution >= 0.6 is 11.3 Å². The van der Waals surface area contributed by atoms with Crippen LogP contribution in [0.2, 0.25) is 0 Å². The Morgan fingerprint density at radius 2 is 2.00 bits per heavy atom. The van der Waals surface area contributed by atoms with Gasteiger partial charge in [-0.15, -0.1) is 13.2 Å². The number of nitrogens with zero attached hydrogens (tertiary/aromatic N) is 1. The zero-order valence-corrected chi connectivity index (χ0v) is 14.0. The van der Waals surface area contributed by atoms with Crippen molar-refractivity contribution >= 4 is 38.5 Å². The number of aromatic nitrogens is 1. The van der Waals surface area contributed by atoms with E-state index in [0.29, 0.717) is 10.2 Å². The van der Waals surface area contributed by atoms with Gasteiger partial charge < -0.3 is 15.8 Å². The number of carbonyl (C=O) groups excluding carboxylic acids is 2. The zero-order chi connectivity index (χ0) is 18.8. The number of thiazole rings is 1. The van der Waals surface area contributed by atoms with E-state index < -0.39 is 23.7 Å². The summed E-state index contributed by atoms with van der Waals surface area (Å²) < 4.78 is 41.0. The molecule has 0 aliphatic heterocycles. The molecule has 0 atom stereocenters. The molecule has 0 saturated carbocycles. The molecule has 0 radical (unpaired) electrons. The van der Waals surface area contributed by atoms with Gasteiger partial charge in [0, 0.05) is 6.07 Å². The number of nitrogens with one attached hydrogen (secondary N) is 2. The number of fused-ring (bicyclic) bond motifs is 1. The molecule has 1 aromatic carbocycles. The van der Waals surface area contributed by atoms with Crippen molar-refractivity contribution in [3.8, 4) is 5.75 Å². The van der Waals surface area contributed by atoms with E-state index >= 15 is 0 Å². The van der Waals surface area contributed by atoms with Crippen molar-refractivity contribution < 1.29 is 27.5 Å². The van der Waals surface area contributed by atoms with Crippen molar-refractivity contribution in [3.05, 3.63) is 18.2 Å². The quantitative estimate of drug-likeness (QED) is 0.740. The van der Waals surface area contributed by atoms with E-state index in [1.54, 1.807) is 0 Å². The lowest BCUT2D eigenvalue weighted by atomic mass is 10.0. The third-order valence-corrected chi connectivity index (χ3v) is 3.95. The summed E-state index contributed by atoms with van der Waals surface area (Å²) in [6.07, 6.45) is -4.79. The van der Waals surface area contributed by atoms with Crippen LogP contribution in [0.5, 0.6) is 5.75 Å². The van der Waals surface area contributed by atoms with Crippen LogP contribution in [0.1, 0.15) is 13.8 Å². The molecule has 2 amide bonds. The number of nitrogens with two attached hydrogens (primary N) is 1. The fraction of sp³-hybridized carbons (Fsp3) is 0.357. The molecule has 0 spiro atoms. The van der Waals surface area contributed by atoms with Gasteiger partial charge in [0.1, 0.15) is 11.3 Å². The van der Waals surface area contributed by atoms with Crippen LogP contribution in [0, 0.1) is 0 Å².